The second kappa shape index (κ2) is 4.88. The second-order valence-electron chi connectivity index (χ2n) is 4.79. The minimum absolute atomic E-state index is 0.314. The van der Waals surface area contributed by atoms with Crippen molar-refractivity contribution in [2.45, 2.75) is 27.1 Å². The van der Waals surface area contributed by atoms with Crippen LogP contribution in [0.25, 0.3) is 0 Å². The Morgan fingerprint density at radius 2 is 1.83 bits per heavy atom. The van der Waals surface area contributed by atoms with Crippen LogP contribution in [-0.2, 0) is 0 Å². The Hall–Kier alpha value is -1.72. The van der Waals surface area contributed by atoms with Crippen LogP contribution in [0.3, 0.4) is 0 Å². The number of aliphatic imine (C=N–C) groups is 1. The Balaban J connectivity index is 2.96. The fourth-order valence-corrected chi connectivity index (χ4v) is 1.06. The molecule has 0 aliphatic carbocycles. The molecule has 0 aromatic heterocycles. The lowest BCUT2D eigenvalue weighted by Crippen LogP contribution is -2.28. The van der Waals surface area contributed by atoms with E-state index >= 15 is 0 Å². The van der Waals surface area contributed by atoms with Gasteiger partial charge in [0, 0.05) is 11.5 Å². The van der Waals surface area contributed by atoms with Crippen LogP contribution in [-0.4, -0.2) is 12.2 Å². The lowest BCUT2D eigenvalue weighted by Gasteiger charge is -2.17. The Morgan fingerprint density at radius 3 is 2.33 bits per heavy atom. The quantitative estimate of drug-likeness (QED) is 0.652. The molecule has 0 atom stereocenters. The first kappa shape index (κ1) is 14.3. The second-order valence-corrected chi connectivity index (χ2v) is 4.79. The van der Waals surface area contributed by atoms with Crippen LogP contribution in [0.5, 0.6) is 5.75 Å². The highest BCUT2D eigenvalue weighted by Crippen LogP contribution is 2.27. The van der Waals surface area contributed by atoms with Crippen LogP contribution < -0.4 is 10.5 Å². The number of hydrogen-bond donors (Lipinski definition) is 1. The molecule has 100 valence electrons. The molecule has 1 rings (SSSR count). The fraction of sp³-hybridized carbons (Fsp3) is 0.417. The lowest BCUT2D eigenvalue weighted by atomic mass is 9.95. The van der Waals surface area contributed by atoms with E-state index in [1.165, 1.54) is 18.2 Å². The van der Waals surface area contributed by atoms with Crippen LogP contribution in [0, 0.1) is 5.41 Å². The molecule has 0 fully saturated rings. The molecule has 0 amide bonds. The van der Waals surface area contributed by atoms with Gasteiger partial charge in [-0.05, 0) is 12.1 Å². The summed E-state index contributed by atoms with van der Waals surface area (Å²) < 4.78 is 39.9. The Morgan fingerprint density at radius 1 is 1.22 bits per heavy atom. The third-order valence-electron chi connectivity index (χ3n) is 2.07. The van der Waals surface area contributed by atoms with Crippen LogP contribution in [0.1, 0.15) is 20.8 Å². The minimum Gasteiger partial charge on any atom is -0.406 e. The van der Waals surface area contributed by atoms with Crippen molar-refractivity contribution in [3.05, 3.63) is 24.3 Å². The summed E-state index contributed by atoms with van der Waals surface area (Å²) >= 11 is 0. The Labute approximate surface area is 103 Å². The fourth-order valence-electron chi connectivity index (χ4n) is 1.06. The highest BCUT2D eigenvalue weighted by Gasteiger charge is 2.31. The van der Waals surface area contributed by atoms with Gasteiger partial charge in [-0.25, -0.2) is 4.99 Å². The van der Waals surface area contributed by atoms with Gasteiger partial charge in [-0.2, -0.15) is 0 Å². The van der Waals surface area contributed by atoms with Gasteiger partial charge in [0.2, 0.25) is 0 Å². The number of benzene rings is 1. The molecule has 0 unspecified atom stereocenters. The molecule has 0 radical (unpaired) electrons. The van der Waals surface area contributed by atoms with E-state index in [4.69, 9.17) is 5.73 Å². The maximum atomic E-state index is 12.0. The molecule has 2 N–H and O–H groups in total. The van der Waals surface area contributed by atoms with Gasteiger partial charge in [0.15, 0.2) is 0 Å². The molecule has 0 bridgehead atoms. The van der Waals surface area contributed by atoms with Gasteiger partial charge in [0.25, 0.3) is 0 Å². The van der Waals surface area contributed by atoms with Gasteiger partial charge in [-0.1, -0.05) is 26.8 Å². The smallest absolute Gasteiger partial charge is 0.406 e. The topological polar surface area (TPSA) is 47.6 Å². The molecule has 0 heterocycles. The molecule has 0 aliphatic heterocycles. The molecule has 6 heteroatoms. The van der Waals surface area contributed by atoms with Gasteiger partial charge in [0.1, 0.15) is 11.6 Å². The normalized spacial score (nSPS) is 13.6. The van der Waals surface area contributed by atoms with Crippen molar-refractivity contribution < 1.29 is 17.9 Å². The van der Waals surface area contributed by atoms with E-state index < -0.39 is 6.36 Å². The average molecular weight is 260 g/mol. The molecule has 18 heavy (non-hydrogen) atoms. The predicted molar refractivity (Wildman–Crippen MR) is 63.9 cm³/mol. The molecule has 3 nitrogen and oxygen atoms in total. The Kier molecular flexibility index (Phi) is 3.88. The molecule has 0 saturated carbocycles. The summed E-state index contributed by atoms with van der Waals surface area (Å²) in [5.41, 5.74) is 5.72. The van der Waals surface area contributed by atoms with Gasteiger partial charge < -0.3 is 10.5 Å². The van der Waals surface area contributed by atoms with E-state index in [1.807, 2.05) is 20.8 Å². The highest BCUT2D eigenvalue weighted by atomic mass is 19.4. The number of amidine groups is 1. The number of alkyl halides is 3. The Bertz CT molecular complexity index is 447. The van der Waals surface area contributed by atoms with E-state index in [2.05, 4.69) is 9.73 Å². The van der Waals surface area contributed by atoms with E-state index in [-0.39, 0.29) is 11.2 Å². The summed E-state index contributed by atoms with van der Waals surface area (Å²) in [6.45, 7) is 5.59. The molecule has 1 aromatic carbocycles. The number of nitrogens with zero attached hydrogens (tertiary/aromatic N) is 1. The molecular weight excluding hydrogens is 245 g/mol. The van der Waals surface area contributed by atoms with Crippen LogP contribution in [0.4, 0.5) is 18.9 Å². The lowest BCUT2D eigenvalue weighted by molar-refractivity contribution is -0.274. The summed E-state index contributed by atoms with van der Waals surface area (Å²) in [5, 5.41) is 0. The van der Waals surface area contributed by atoms with Gasteiger partial charge in [-0.15, -0.1) is 13.2 Å². The van der Waals surface area contributed by atoms with E-state index in [9.17, 15) is 13.2 Å². The number of halogens is 3. The molecule has 1 aromatic rings. The first-order valence-corrected chi connectivity index (χ1v) is 5.28. The zero-order valence-electron chi connectivity index (χ0n) is 10.4. The van der Waals surface area contributed by atoms with Crippen LogP contribution >= 0.6 is 0 Å². The summed E-state index contributed by atoms with van der Waals surface area (Å²) in [6, 6.07) is 5.38. The van der Waals surface area contributed by atoms with Crippen LogP contribution in [0.15, 0.2) is 29.3 Å². The monoisotopic (exact) mass is 260 g/mol. The molecule has 0 spiro atoms. The third kappa shape index (κ3) is 4.65. The third-order valence-corrected chi connectivity index (χ3v) is 2.07. The first-order valence-electron chi connectivity index (χ1n) is 5.28. The number of nitrogens with two attached hydrogens (primary N) is 1. The standard InChI is InChI=1S/C12H15F3N2O/c1-11(2,3)10(16)17-8-5-4-6-9(7-8)18-12(13,14)15/h4-7H,1-3H3,(H2,16,17). The molecule has 0 aliphatic rings. The summed E-state index contributed by atoms with van der Waals surface area (Å²) in [5.74, 6) is 0.0251. The van der Waals surface area contributed by atoms with Crippen molar-refractivity contribution in [3.8, 4) is 5.75 Å². The summed E-state index contributed by atoms with van der Waals surface area (Å²) in [4.78, 5) is 4.07. The number of hydrogen-bond acceptors (Lipinski definition) is 2. The first-order chi connectivity index (χ1) is 8.08. The van der Waals surface area contributed by atoms with Crippen LogP contribution in [0.2, 0.25) is 0 Å². The van der Waals surface area contributed by atoms with Gasteiger partial charge >= 0.3 is 6.36 Å². The van der Waals surface area contributed by atoms with E-state index in [0.29, 0.717) is 11.5 Å². The zero-order valence-corrected chi connectivity index (χ0v) is 10.4. The van der Waals surface area contributed by atoms with Gasteiger partial charge in [0.05, 0.1) is 5.69 Å². The van der Waals surface area contributed by atoms with E-state index in [1.54, 1.807) is 6.07 Å². The largest absolute Gasteiger partial charge is 0.573 e. The minimum atomic E-state index is -4.71. The molecular formula is C12H15F3N2O. The van der Waals surface area contributed by atoms with Crippen molar-refractivity contribution in [3.63, 3.8) is 0 Å². The summed E-state index contributed by atoms with van der Waals surface area (Å²) in [6.07, 6.45) is -4.71. The predicted octanol–water partition coefficient (Wildman–Crippen LogP) is 3.62. The SMILES string of the molecule is CC(C)(C)C(N)=Nc1cccc(OC(F)(F)F)c1. The average Bonchev–Trinajstić information content (AvgIpc) is 2.13. The highest BCUT2D eigenvalue weighted by molar-refractivity contribution is 5.87. The van der Waals surface area contributed by atoms with Gasteiger partial charge in [-0.3, -0.25) is 0 Å². The van der Waals surface area contributed by atoms with Crippen molar-refractivity contribution in [2.24, 2.45) is 16.1 Å². The van der Waals surface area contributed by atoms with E-state index in [0.717, 1.165) is 0 Å². The van der Waals surface area contributed by atoms with Crippen molar-refractivity contribution >= 4 is 11.5 Å². The summed E-state index contributed by atoms with van der Waals surface area (Å²) in [7, 11) is 0. The number of ether oxygens (including phenoxy) is 1. The van der Waals surface area contributed by atoms with Crippen molar-refractivity contribution in [1.82, 2.24) is 0 Å². The maximum Gasteiger partial charge on any atom is 0.573 e. The maximum absolute atomic E-state index is 12.0. The zero-order chi connectivity index (χ0) is 14.0. The molecule has 0 saturated heterocycles. The van der Waals surface area contributed by atoms with Crippen molar-refractivity contribution in [2.75, 3.05) is 0 Å². The number of rotatable bonds is 2. The van der Waals surface area contributed by atoms with Crippen molar-refractivity contribution in [1.29, 1.82) is 0 Å².